The zero-order valence-electron chi connectivity index (χ0n) is 21.9. The van der Waals surface area contributed by atoms with E-state index in [0.717, 1.165) is 47.0 Å². The number of aliphatic hydroxyl groups is 1. The number of phenols is 1. The number of nitrogens with zero attached hydrogens (tertiary/aromatic N) is 2. The van der Waals surface area contributed by atoms with Crippen LogP contribution in [0.25, 0.3) is 32.4 Å². The lowest BCUT2D eigenvalue weighted by molar-refractivity contribution is -0.985. The molecule has 1 aromatic heterocycles. The van der Waals surface area contributed by atoms with Gasteiger partial charge in [-0.15, -0.1) is 0 Å². The van der Waals surface area contributed by atoms with Crippen molar-refractivity contribution in [1.82, 2.24) is 4.98 Å². The minimum atomic E-state index is -0.621. The van der Waals surface area contributed by atoms with Crippen LogP contribution in [0.4, 0.5) is 0 Å². The van der Waals surface area contributed by atoms with E-state index in [9.17, 15) is 10.2 Å². The minimum absolute atomic E-state index is 0.0993. The largest absolute Gasteiger partial charge is 0.508 e. The van der Waals surface area contributed by atoms with Gasteiger partial charge in [-0.05, 0) is 69.8 Å². The van der Waals surface area contributed by atoms with Crippen molar-refractivity contribution < 1.29 is 14.7 Å². The second-order valence-electron chi connectivity index (χ2n) is 11.6. The number of aromatic hydroxyl groups is 1. The molecule has 0 radical (unpaired) electrons. The van der Waals surface area contributed by atoms with Gasteiger partial charge >= 0.3 is 0 Å². The van der Waals surface area contributed by atoms with E-state index in [2.05, 4.69) is 66.5 Å². The van der Waals surface area contributed by atoms with E-state index in [1.54, 1.807) is 18.3 Å². The summed E-state index contributed by atoms with van der Waals surface area (Å²) in [5, 5.41) is 28.5. The predicted octanol–water partition coefficient (Wildman–Crippen LogP) is 7.12. The summed E-state index contributed by atoms with van der Waals surface area (Å²) < 4.78 is 0.913. The van der Waals surface area contributed by atoms with Crippen LogP contribution >= 0.6 is 0 Å². The summed E-state index contributed by atoms with van der Waals surface area (Å²) in [6.07, 6.45) is 4.62. The Bertz CT molecular complexity index is 1610. The van der Waals surface area contributed by atoms with Gasteiger partial charge in [-0.2, -0.15) is 0 Å². The topological polar surface area (TPSA) is 53.4 Å². The van der Waals surface area contributed by atoms with E-state index >= 15 is 0 Å². The number of pyridine rings is 1. The number of benzene rings is 4. The highest BCUT2D eigenvalue weighted by atomic mass is 16.3. The third-order valence-corrected chi connectivity index (χ3v) is 9.78. The van der Waals surface area contributed by atoms with Crippen LogP contribution in [-0.4, -0.2) is 38.8 Å². The van der Waals surface area contributed by atoms with Crippen LogP contribution in [0.1, 0.15) is 43.4 Å². The highest BCUT2D eigenvalue weighted by molar-refractivity contribution is 6.02. The lowest BCUT2D eigenvalue weighted by Gasteiger charge is -2.58. The molecule has 3 aliphatic heterocycles. The third-order valence-electron chi connectivity index (χ3n) is 9.78. The quantitative estimate of drug-likeness (QED) is 0.198. The maximum absolute atomic E-state index is 12.2. The highest BCUT2D eigenvalue weighted by Crippen LogP contribution is 2.49. The summed E-state index contributed by atoms with van der Waals surface area (Å²) in [4.78, 5) is 4.51. The Balaban J connectivity index is 1.39. The van der Waals surface area contributed by atoms with E-state index in [0.29, 0.717) is 11.8 Å². The van der Waals surface area contributed by atoms with Crippen molar-refractivity contribution in [1.29, 1.82) is 0 Å². The normalized spacial score (nSPS) is 25.8. The second kappa shape index (κ2) is 9.07. The molecule has 3 aliphatic rings. The van der Waals surface area contributed by atoms with Crippen LogP contribution in [0.3, 0.4) is 0 Å². The number of hydrogen-bond acceptors (Lipinski definition) is 3. The number of phenolic OH excluding ortho intramolecular Hbond substituents is 1. The van der Waals surface area contributed by atoms with Gasteiger partial charge in [-0.3, -0.25) is 4.98 Å². The monoisotopic (exact) mass is 503 g/mol. The average Bonchev–Trinajstić information content (AvgIpc) is 2.96. The Morgan fingerprint density at radius 3 is 2.39 bits per heavy atom. The number of aliphatic hydroxyl groups excluding tert-OH is 1. The standard InChI is InChI=1S/C34H34N2O2/c1-2-22-20-36(21-31-27-9-5-3-7-24(27)17-25-8-4-6-10-28(25)31)16-14-23(22)18-33(36)34(38)29-13-15-35-32-12-11-26(37)19-30(29)32/h3-13,15,17,19,22-23,33-34,38H,2,14,16,18,20-21H2,1H3/p+1/t22-,23-,33+,34?,36-/m0/s1. The number of quaternary nitrogens is 1. The van der Waals surface area contributed by atoms with Crippen molar-refractivity contribution in [3.63, 3.8) is 0 Å². The van der Waals surface area contributed by atoms with Crippen LogP contribution in [-0.2, 0) is 6.54 Å². The zero-order chi connectivity index (χ0) is 25.9. The Labute approximate surface area is 223 Å². The first-order valence-corrected chi connectivity index (χ1v) is 14.1. The molecule has 192 valence electrons. The van der Waals surface area contributed by atoms with Gasteiger partial charge in [0.15, 0.2) is 0 Å². The molecule has 3 fully saturated rings. The molecule has 3 saturated heterocycles. The first kappa shape index (κ1) is 23.6. The molecule has 38 heavy (non-hydrogen) atoms. The first-order chi connectivity index (χ1) is 18.6. The molecule has 4 heterocycles. The van der Waals surface area contributed by atoms with Crippen LogP contribution in [0.2, 0.25) is 0 Å². The van der Waals surface area contributed by atoms with Crippen molar-refractivity contribution in [2.45, 2.75) is 44.9 Å². The van der Waals surface area contributed by atoms with Crippen molar-refractivity contribution >= 4 is 32.4 Å². The number of fused-ring (bicyclic) bond motifs is 6. The summed E-state index contributed by atoms with van der Waals surface area (Å²) in [6, 6.07) is 27.2. The van der Waals surface area contributed by atoms with Crippen molar-refractivity contribution in [3.8, 4) is 5.75 Å². The van der Waals surface area contributed by atoms with Gasteiger partial charge in [0.25, 0.3) is 0 Å². The van der Waals surface area contributed by atoms with E-state index in [1.807, 2.05) is 12.1 Å². The summed E-state index contributed by atoms with van der Waals surface area (Å²) in [5.41, 5.74) is 3.11. The Kier molecular flexibility index (Phi) is 5.64. The molecule has 0 amide bonds. The minimum Gasteiger partial charge on any atom is -0.508 e. The van der Waals surface area contributed by atoms with Crippen molar-refractivity contribution in [2.75, 3.05) is 13.1 Å². The molecule has 2 N–H and O–H groups in total. The van der Waals surface area contributed by atoms with E-state index in [-0.39, 0.29) is 11.8 Å². The summed E-state index contributed by atoms with van der Waals surface area (Å²) in [7, 11) is 0. The molecule has 4 nitrogen and oxygen atoms in total. The molecule has 1 unspecified atom stereocenters. The molecule has 5 aromatic rings. The third kappa shape index (κ3) is 3.70. The van der Waals surface area contributed by atoms with Gasteiger partial charge in [0.05, 0.1) is 18.6 Å². The lowest BCUT2D eigenvalue weighted by Crippen LogP contribution is -2.67. The molecule has 5 atom stereocenters. The molecule has 0 spiro atoms. The van der Waals surface area contributed by atoms with Crippen molar-refractivity contribution in [2.24, 2.45) is 11.8 Å². The smallest absolute Gasteiger partial charge is 0.131 e. The second-order valence-corrected chi connectivity index (χ2v) is 11.6. The molecule has 4 heteroatoms. The molecule has 4 aromatic carbocycles. The Hall–Kier alpha value is -3.47. The van der Waals surface area contributed by atoms with Crippen LogP contribution in [0.15, 0.2) is 85.1 Å². The number of rotatable bonds is 5. The summed E-state index contributed by atoms with van der Waals surface area (Å²) >= 11 is 0. The summed E-state index contributed by atoms with van der Waals surface area (Å²) in [5.74, 6) is 1.55. The first-order valence-electron chi connectivity index (χ1n) is 14.1. The fourth-order valence-electron chi connectivity index (χ4n) is 7.88. The van der Waals surface area contributed by atoms with E-state index in [4.69, 9.17) is 0 Å². The fourth-order valence-corrected chi connectivity index (χ4v) is 7.88. The number of aromatic nitrogens is 1. The van der Waals surface area contributed by atoms with Crippen molar-refractivity contribution in [3.05, 3.63) is 96.2 Å². The van der Waals surface area contributed by atoms with Crippen LogP contribution in [0.5, 0.6) is 5.75 Å². The maximum atomic E-state index is 12.2. The number of hydrogen-bond donors (Lipinski definition) is 2. The SMILES string of the molecule is CC[C@H]1C[N@+]2(Cc3c4ccccc4cc4ccccc34)CC[C@H]1C[C@@H]2C(O)c1ccnc2ccc(O)cc12. The van der Waals surface area contributed by atoms with Gasteiger partial charge < -0.3 is 14.7 Å². The van der Waals surface area contributed by atoms with Crippen LogP contribution < -0.4 is 0 Å². The lowest BCUT2D eigenvalue weighted by atomic mass is 9.70. The average molecular weight is 504 g/mol. The molecule has 0 saturated carbocycles. The van der Waals surface area contributed by atoms with Gasteiger partial charge in [0, 0.05) is 35.9 Å². The van der Waals surface area contributed by atoms with E-state index < -0.39 is 6.10 Å². The highest BCUT2D eigenvalue weighted by Gasteiger charge is 2.54. The van der Waals surface area contributed by atoms with Gasteiger partial charge in [0.2, 0.25) is 0 Å². The Morgan fingerprint density at radius 1 is 0.921 bits per heavy atom. The predicted molar refractivity (Wildman–Crippen MR) is 154 cm³/mol. The Morgan fingerprint density at radius 2 is 1.66 bits per heavy atom. The molecule has 0 aliphatic carbocycles. The molecular formula is C34H35N2O2+. The fraction of sp³-hybridized carbons (Fsp3) is 0.324. The van der Waals surface area contributed by atoms with Gasteiger partial charge in [-0.1, -0.05) is 55.5 Å². The van der Waals surface area contributed by atoms with E-state index in [1.165, 1.54) is 39.9 Å². The molecule has 8 rings (SSSR count). The maximum Gasteiger partial charge on any atom is 0.131 e. The summed E-state index contributed by atoms with van der Waals surface area (Å²) in [6.45, 7) is 5.45. The van der Waals surface area contributed by atoms with Gasteiger partial charge in [0.1, 0.15) is 24.4 Å². The number of piperidine rings is 3. The molecule has 2 bridgehead atoms. The molecular weight excluding hydrogens is 468 g/mol. The van der Waals surface area contributed by atoms with Crippen LogP contribution in [0, 0.1) is 11.8 Å². The van der Waals surface area contributed by atoms with Gasteiger partial charge in [-0.25, -0.2) is 0 Å². The zero-order valence-corrected chi connectivity index (χ0v) is 21.9.